The summed E-state index contributed by atoms with van der Waals surface area (Å²) < 4.78 is 0. The summed E-state index contributed by atoms with van der Waals surface area (Å²) >= 11 is 0. The molecule has 0 bridgehead atoms. The van der Waals surface area contributed by atoms with E-state index in [1.165, 1.54) is 36.4 Å². The molecule has 21 heavy (non-hydrogen) atoms. The van der Waals surface area contributed by atoms with E-state index in [-0.39, 0.29) is 17.0 Å². The predicted molar refractivity (Wildman–Crippen MR) is 76.5 cm³/mol. The molecule has 0 fully saturated rings. The first-order valence-corrected chi connectivity index (χ1v) is 6.00. The third-order valence-corrected chi connectivity index (χ3v) is 2.61. The van der Waals surface area contributed by atoms with Crippen molar-refractivity contribution in [2.24, 2.45) is 0 Å². The molecule has 6 nitrogen and oxygen atoms in total. The van der Waals surface area contributed by atoms with E-state index in [1.807, 2.05) is 6.07 Å². The zero-order valence-corrected chi connectivity index (χ0v) is 10.8. The molecule has 0 atom stereocenters. The molecular weight excluding hydrogens is 270 g/mol. The maximum Gasteiger partial charge on any atom is 0.314 e. The number of rotatable bonds is 2. The second-order valence-electron chi connectivity index (χ2n) is 4.12. The highest BCUT2D eigenvalue weighted by Gasteiger charge is 2.15. The minimum atomic E-state index is -0.902. The first-order chi connectivity index (χ1) is 10.1. The lowest BCUT2D eigenvalue weighted by Gasteiger charge is -2.07. The Balaban J connectivity index is 2.07. The van der Waals surface area contributed by atoms with Gasteiger partial charge in [-0.3, -0.25) is 9.59 Å². The number of phenolic OH excluding ortho intramolecular Hbond substituents is 1. The lowest BCUT2D eigenvalue weighted by atomic mass is 10.2. The van der Waals surface area contributed by atoms with Gasteiger partial charge in [-0.25, -0.2) is 0 Å². The van der Waals surface area contributed by atoms with Crippen LogP contribution in [0.1, 0.15) is 5.56 Å². The minimum Gasteiger partial charge on any atom is -0.508 e. The number of para-hydroxylation sites is 1. The van der Waals surface area contributed by atoms with Crippen LogP contribution in [-0.2, 0) is 9.59 Å². The standard InChI is InChI=1S/C15H11N3O3/c16-9-10-4-1-2-7-13(10)18-15(21)14(20)17-11-5-3-6-12(19)8-11/h1-8,19H,(H,17,20)(H,18,21). The molecule has 2 aromatic rings. The average Bonchev–Trinajstić information content (AvgIpc) is 2.47. The SMILES string of the molecule is N#Cc1ccccc1NC(=O)C(=O)Nc1cccc(O)c1. The number of nitrogens with zero attached hydrogens (tertiary/aromatic N) is 1. The molecule has 6 heteroatoms. The van der Waals surface area contributed by atoms with Crippen LogP contribution in [0.25, 0.3) is 0 Å². The smallest absolute Gasteiger partial charge is 0.314 e. The van der Waals surface area contributed by atoms with Crippen molar-refractivity contribution in [2.75, 3.05) is 10.6 Å². The Kier molecular flexibility index (Phi) is 4.17. The fraction of sp³-hybridized carbons (Fsp3) is 0. The van der Waals surface area contributed by atoms with Crippen LogP contribution in [0.5, 0.6) is 5.75 Å². The Hall–Kier alpha value is -3.33. The van der Waals surface area contributed by atoms with Gasteiger partial charge in [0, 0.05) is 11.8 Å². The molecule has 0 radical (unpaired) electrons. The summed E-state index contributed by atoms with van der Waals surface area (Å²) in [6, 6.07) is 14.1. The Bertz CT molecular complexity index is 735. The zero-order valence-electron chi connectivity index (χ0n) is 10.8. The summed E-state index contributed by atoms with van der Waals surface area (Å²) in [5.41, 5.74) is 0.816. The maximum absolute atomic E-state index is 11.8. The molecule has 0 aliphatic heterocycles. The van der Waals surface area contributed by atoms with E-state index in [9.17, 15) is 14.7 Å². The van der Waals surface area contributed by atoms with Gasteiger partial charge in [-0.1, -0.05) is 18.2 Å². The normalized spacial score (nSPS) is 9.48. The van der Waals surface area contributed by atoms with Crippen molar-refractivity contribution in [3.63, 3.8) is 0 Å². The van der Waals surface area contributed by atoms with Gasteiger partial charge in [-0.15, -0.1) is 0 Å². The molecule has 0 spiro atoms. The molecule has 2 aromatic carbocycles. The first-order valence-electron chi connectivity index (χ1n) is 6.00. The van der Waals surface area contributed by atoms with Crippen molar-refractivity contribution in [3.05, 3.63) is 54.1 Å². The van der Waals surface area contributed by atoms with Crippen LogP contribution >= 0.6 is 0 Å². The van der Waals surface area contributed by atoms with E-state index in [2.05, 4.69) is 10.6 Å². The van der Waals surface area contributed by atoms with E-state index >= 15 is 0 Å². The van der Waals surface area contributed by atoms with Crippen LogP contribution in [0.3, 0.4) is 0 Å². The van der Waals surface area contributed by atoms with Gasteiger partial charge in [0.2, 0.25) is 0 Å². The summed E-state index contributed by atoms with van der Waals surface area (Å²) in [5.74, 6) is -1.82. The number of carbonyl (C=O) groups excluding carboxylic acids is 2. The van der Waals surface area contributed by atoms with Gasteiger partial charge < -0.3 is 15.7 Å². The highest BCUT2D eigenvalue weighted by Crippen LogP contribution is 2.16. The number of amides is 2. The van der Waals surface area contributed by atoms with Crippen molar-refractivity contribution in [1.29, 1.82) is 5.26 Å². The quantitative estimate of drug-likeness (QED) is 0.731. The van der Waals surface area contributed by atoms with Gasteiger partial charge in [0.05, 0.1) is 11.3 Å². The number of carbonyl (C=O) groups is 2. The summed E-state index contributed by atoms with van der Waals surface area (Å²) in [5, 5.41) is 22.9. The fourth-order valence-corrected chi connectivity index (χ4v) is 1.64. The number of nitriles is 1. The molecule has 0 unspecified atom stereocenters. The van der Waals surface area contributed by atoms with Gasteiger partial charge in [0.25, 0.3) is 0 Å². The van der Waals surface area contributed by atoms with Crippen molar-refractivity contribution < 1.29 is 14.7 Å². The number of hydrogen-bond donors (Lipinski definition) is 3. The number of anilines is 2. The largest absolute Gasteiger partial charge is 0.508 e. The fourth-order valence-electron chi connectivity index (χ4n) is 1.64. The van der Waals surface area contributed by atoms with E-state index in [0.29, 0.717) is 5.69 Å². The van der Waals surface area contributed by atoms with E-state index < -0.39 is 11.8 Å². The summed E-state index contributed by atoms with van der Waals surface area (Å²) in [6.07, 6.45) is 0. The molecule has 0 aromatic heterocycles. The molecule has 3 N–H and O–H groups in total. The Morgan fingerprint density at radius 2 is 1.71 bits per heavy atom. The summed E-state index contributed by atoms with van der Waals surface area (Å²) in [6.45, 7) is 0. The summed E-state index contributed by atoms with van der Waals surface area (Å²) in [4.78, 5) is 23.5. The van der Waals surface area contributed by atoms with E-state index in [1.54, 1.807) is 12.1 Å². The number of hydrogen-bond acceptors (Lipinski definition) is 4. The number of nitrogens with one attached hydrogen (secondary N) is 2. The molecule has 0 saturated heterocycles. The number of aromatic hydroxyl groups is 1. The topological polar surface area (TPSA) is 102 Å². The molecule has 0 heterocycles. The van der Waals surface area contributed by atoms with E-state index in [0.717, 1.165) is 0 Å². The molecule has 104 valence electrons. The number of benzene rings is 2. The second-order valence-corrected chi connectivity index (χ2v) is 4.12. The lowest BCUT2D eigenvalue weighted by molar-refractivity contribution is -0.133. The monoisotopic (exact) mass is 281 g/mol. The number of phenols is 1. The second kappa shape index (κ2) is 6.21. The highest BCUT2D eigenvalue weighted by molar-refractivity contribution is 6.43. The van der Waals surface area contributed by atoms with Crippen LogP contribution in [0.2, 0.25) is 0 Å². The lowest BCUT2D eigenvalue weighted by Crippen LogP contribution is -2.29. The van der Waals surface area contributed by atoms with Gasteiger partial charge in [0.15, 0.2) is 0 Å². The molecule has 2 rings (SSSR count). The van der Waals surface area contributed by atoms with Crippen LogP contribution in [0, 0.1) is 11.3 Å². The van der Waals surface area contributed by atoms with Crippen LogP contribution in [0.15, 0.2) is 48.5 Å². The van der Waals surface area contributed by atoms with Gasteiger partial charge in [0.1, 0.15) is 11.8 Å². The van der Waals surface area contributed by atoms with Crippen molar-refractivity contribution in [3.8, 4) is 11.8 Å². The highest BCUT2D eigenvalue weighted by atomic mass is 16.3. The molecular formula is C15H11N3O3. The van der Waals surface area contributed by atoms with Crippen molar-refractivity contribution >= 4 is 23.2 Å². The Morgan fingerprint density at radius 1 is 1.00 bits per heavy atom. The zero-order chi connectivity index (χ0) is 15.2. The molecule has 0 aliphatic carbocycles. The van der Waals surface area contributed by atoms with Crippen LogP contribution in [-0.4, -0.2) is 16.9 Å². The summed E-state index contributed by atoms with van der Waals surface area (Å²) in [7, 11) is 0. The maximum atomic E-state index is 11.8. The van der Waals surface area contributed by atoms with E-state index in [4.69, 9.17) is 5.26 Å². The van der Waals surface area contributed by atoms with Gasteiger partial charge in [-0.2, -0.15) is 5.26 Å². The Labute approximate surface area is 120 Å². The minimum absolute atomic E-state index is 0.0250. The third-order valence-electron chi connectivity index (χ3n) is 2.61. The predicted octanol–water partition coefficient (Wildman–Crippen LogP) is 1.84. The third kappa shape index (κ3) is 3.58. The average molecular weight is 281 g/mol. The first kappa shape index (κ1) is 14.1. The van der Waals surface area contributed by atoms with Crippen LogP contribution in [0.4, 0.5) is 11.4 Å². The van der Waals surface area contributed by atoms with Gasteiger partial charge >= 0.3 is 11.8 Å². The van der Waals surface area contributed by atoms with Gasteiger partial charge in [-0.05, 0) is 24.3 Å². The van der Waals surface area contributed by atoms with Crippen molar-refractivity contribution in [2.45, 2.75) is 0 Å². The molecule has 0 saturated carbocycles. The van der Waals surface area contributed by atoms with Crippen LogP contribution < -0.4 is 10.6 Å². The molecule has 2 amide bonds. The van der Waals surface area contributed by atoms with Crippen molar-refractivity contribution in [1.82, 2.24) is 0 Å². The Morgan fingerprint density at radius 3 is 2.43 bits per heavy atom. The molecule has 0 aliphatic rings.